The zero-order chi connectivity index (χ0) is 18.6. The number of benzene rings is 2. The van der Waals surface area contributed by atoms with E-state index in [1.807, 2.05) is 44.4 Å². The second-order valence-electron chi connectivity index (χ2n) is 7.59. The van der Waals surface area contributed by atoms with Gasteiger partial charge in [-0.2, -0.15) is 0 Å². The van der Waals surface area contributed by atoms with Gasteiger partial charge < -0.3 is 19.8 Å². The van der Waals surface area contributed by atoms with E-state index in [4.69, 9.17) is 4.74 Å². The van der Waals surface area contributed by atoms with Gasteiger partial charge in [0.25, 0.3) is 0 Å². The summed E-state index contributed by atoms with van der Waals surface area (Å²) < 4.78 is 6.15. The molecule has 1 fully saturated rings. The summed E-state index contributed by atoms with van der Waals surface area (Å²) in [5.41, 5.74) is 0.772. The number of para-hydroxylation sites is 1. The maximum atomic E-state index is 11.5. The van der Waals surface area contributed by atoms with Gasteiger partial charge in [0, 0.05) is 18.0 Å². The Kier molecular flexibility index (Phi) is 5.97. The van der Waals surface area contributed by atoms with E-state index in [9.17, 15) is 10.2 Å². The molecule has 4 nitrogen and oxygen atoms in total. The van der Waals surface area contributed by atoms with Crippen molar-refractivity contribution in [3.63, 3.8) is 0 Å². The van der Waals surface area contributed by atoms with E-state index >= 15 is 0 Å². The number of nitrogens with zero attached hydrogens (tertiary/aromatic N) is 1. The number of aliphatic hydroxyl groups is 1. The molecule has 0 bridgehead atoms. The van der Waals surface area contributed by atoms with Gasteiger partial charge in [0.2, 0.25) is 0 Å². The number of hydrogen-bond acceptors (Lipinski definition) is 4. The van der Waals surface area contributed by atoms with Crippen molar-refractivity contribution in [2.75, 3.05) is 20.6 Å². The zero-order valence-electron chi connectivity index (χ0n) is 15.6. The van der Waals surface area contributed by atoms with Gasteiger partial charge in [0.15, 0.2) is 0 Å². The van der Waals surface area contributed by atoms with Gasteiger partial charge in [-0.15, -0.1) is 0 Å². The molecule has 3 atom stereocenters. The van der Waals surface area contributed by atoms with Crippen molar-refractivity contribution in [1.29, 1.82) is 0 Å². The van der Waals surface area contributed by atoms with Crippen LogP contribution in [0.5, 0.6) is 5.75 Å². The molecule has 2 aromatic carbocycles. The summed E-state index contributed by atoms with van der Waals surface area (Å²) >= 11 is 0. The zero-order valence-corrected chi connectivity index (χ0v) is 15.6. The van der Waals surface area contributed by atoms with Gasteiger partial charge in [0.1, 0.15) is 5.75 Å². The van der Waals surface area contributed by atoms with E-state index in [2.05, 4.69) is 17.0 Å². The van der Waals surface area contributed by atoms with Crippen molar-refractivity contribution in [2.24, 2.45) is 5.92 Å². The number of aromatic hydroxyl groups is 1. The third-order valence-corrected chi connectivity index (χ3v) is 5.35. The molecule has 0 heterocycles. The van der Waals surface area contributed by atoms with E-state index in [1.54, 1.807) is 12.1 Å². The number of rotatable bonds is 6. The molecule has 2 aromatic rings. The summed E-state index contributed by atoms with van der Waals surface area (Å²) in [5, 5.41) is 21.8. The van der Waals surface area contributed by atoms with Crippen molar-refractivity contribution in [3.8, 4) is 5.75 Å². The first-order valence-electron chi connectivity index (χ1n) is 9.30. The summed E-state index contributed by atoms with van der Waals surface area (Å²) in [5.74, 6) is 0.169. The Hall–Kier alpha value is -1.88. The molecule has 0 spiro atoms. The highest BCUT2D eigenvalue weighted by atomic mass is 16.5. The number of phenols is 1. The monoisotopic (exact) mass is 355 g/mol. The van der Waals surface area contributed by atoms with Crippen LogP contribution >= 0.6 is 0 Å². The van der Waals surface area contributed by atoms with E-state index in [-0.39, 0.29) is 17.8 Å². The lowest BCUT2D eigenvalue weighted by atomic mass is 9.70. The van der Waals surface area contributed by atoms with Crippen molar-refractivity contribution in [2.45, 2.75) is 37.6 Å². The third-order valence-electron chi connectivity index (χ3n) is 5.35. The van der Waals surface area contributed by atoms with Gasteiger partial charge in [-0.25, -0.2) is 0 Å². The van der Waals surface area contributed by atoms with E-state index < -0.39 is 5.60 Å². The molecule has 3 unspecified atom stereocenters. The second-order valence-corrected chi connectivity index (χ2v) is 7.59. The standard InChI is InChI=1S/C22H29NO3/c1-23(2)15-18-14-19(26-16-17-8-4-3-5-9-17)12-13-22(18,25)20-10-6-7-11-21(20)24/h3-11,18-19,24-25H,12-16H2,1-2H3. The maximum absolute atomic E-state index is 11.5. The Morgan fingerprint density at radius 1 is 1.08 bits per heavy atom. The summed E-state index contributed by atoms with van der Waals surface area (Å²) in [6.45, 7) is 1.34. The number of hydrogen-bond donors (Lipinski definition) is 2. The second kappa shape index (κ2) is 8.21. The highest BCUT2D eigenvalue weighted by molar-refractivity contribution is 5.37. The average molecular weight is 355 g/mol. The van der Waals surface area contributed by atoms with Gasteiger partial charge >= 0.3 is 0 Å². The largest absolute Gasteiger partial charge is 0.508 e. The molecule has 0 aliphatic heterocycles. The summed E-state index contributed by atoms with van der Waals surface area (Å²) in [6.07, 6.45) is 2.26. The lowest BCUT2D eigenvalue weighted by molar-refractivity contribution is -0.111. The number of ether oxygens (including phenoxy) is 1. The fraction of sp³-hybridized carbons (Fsp3) is 0.455. The van der Waals surface area contributed by atoms with Crippen molar-refractivity contribution < 1.29 is 14.9 Å². The van der Waals surface area contributed by atoms with Crippen LogP contribution in [-0.2, 0) is 16.9 Å². The molecular formula is C22H29NO3. The molecule has 0 aromatic heterocycles. The molecule has 1 aliphatic rings. The Balaban J connectivity index is 1.74. The molecular weight excluding hydrogens is 326 g/mol. The first kappa shape index (κ1) is 18.9. The van der Waals surface area contributed by atoms with E-state index in [0.29, 0.717) is 18.6 Å². The lowest BCUT2D eigenvalue weighted by Gasteiger charge is -2.44. The minimum Gasteiger partial charge on any atom is -0.508 e. The highest BCUT2D eigenvalue weighted by Crippen LogP contribution is 2.45. The normalized spacial score (nSPS) is 26.2. The average Bonchev–Trinajstić information content (AvgIpc) is 2.63. The van der Waals surface area contributed by atoms with Crippen LogP contribution in [0.3, 0.4) is 0 Å². The van der Waals surface area contributed by atoms with Crippen LogP contribution in [0, 0.1) is 5.92 Å². The SMILES string of the molecule is CN(C)CC1CC(OCc2ccccc2)CCC1(O)c1ccccc1O. The van der Waals surface area contributed by atoms with Crippen LogP contribution in [0.25, 0.3) is 0 Å². The molecule has 0 radical (unpaired) electrons. The van der Waals surface area contributed by atoms with Crippen molar-refractivity contribution in [3.05, 3.63) is 65.7 Å². The Bertz CT molecular complexity index is 704. The quantitative estimate of drug-likeness (QED) is 0.832. The maximum Gasteiger partial charge on any atom is 0.121 e. The van der Waals surface area contributed by atoms with Gasteiger partial charge in [-0.1, -0.05) is 48.5 Å². The smallest absolute Gasteiger partial charge is 0.121 e. The predicted octanol–water partition coefficient (Wildman–Crippen LogP) is 3.53. The molecule has 4 heteroatoms. The van der Waals surface area contributed by atoms with Crippen LogP contribution in [0.15, 0.2) is 54.6 Å². The predicted molar refractivity (Wildman–Crippen MR) is 103 cm³/mol. The molecule has 3 rings (SSSR count). The topological polar surface area (TPSA) is 52.9 Å². The van der Waals surface area contributed by atoms with Crippen LogP contribution in [-0.4, -0.2) is 41.9 Å². The Labute approximate surface area is 156 Å². The van der Waals surface area contributed by atoms with E-state index in [1.165, 1.54) is 0 Å². The van der Waals surface area contributed by atoms with Crippen LogP contribution in [0.4, 0.5) is 0 Å². The lowest BCUT2D eigenvalue weighted by Crippen LogP contribution is -2.46. The minimum atomic E-state index is -1.03. The fourth-order valence-electron chi connectivity index (χ4n) is 4.02. The molecule has 1 saturated carbocycles. The van der Waals surface area contributed by atoms with Crippen LogP contribution < -0.4 is 0 Å². The Morgan fingerprint density at radius 3 is 2.46 bits per heavy atom. The van der Waals surface area contributed by atoms with Crippen LogP contribution in [0.2, 0.25) is 0 Å². The van der Waals surface area contributed by atoms with E-state index in [0.717, 1.165) is 24.9 Å². The highest BCUT2D eigenvalue weighted by Gasteiger charge is 2.45. The molecule has 2 N–H and O–H groups in total. The summed E-state index contributed by atoms with van der Waals surface area (Å²) in [4.78, 5) is 2.09. The molecule has 26 heavy (non-hydrogen) atoms. The Morgan fingerprint density at radius 2 is 1.77 bits per heavy atom. The fourth-order valence-corrected chi connectivity index (χ4v) is 4.02. The van der Waals surface area contributed by atoms with Crippen LogP contribution in [0.1, 0.15) is 30.4 Å². The van der Waals surface area contributed by atoms with Gasteiger partial charge in [-0.3, -0.25) is 0 Å². The summed E-state index contributed by atoms with van der Waals surface area (Å²) in [6, 6.07) is 17.3. The molecule has 1 aliphatic carbocycles. The summed E-state index contributed by atoms with van der Waals surface area (Å²) in [7, 11) is 4.03. The van der Waals surface area contributed by atoms with Gasteiger partial charge in [-0.05, 0) is 45.0 Å². The first-order chi connectivity index (χ1) is 12.5. The molecule has 0 amide bonds. The molecule has 0 saturated heterocycles. The van der Waals surface area contributed by atoms with Crippen molar-refractivity contribution in [1.82, 2.24) is 4.90 Å². The minimum absolute atomic E-state index is 0.000299. The first-order valence-corrected chi connectivity index (χ1v) is 9.30. The molecule has 140 valence electrons. The van der Waals surface area contributed by atoms with Gasteiger partial charge in [0.05, 0.1) is 18.3 Å². The number of phenolic OH excluding ortho intramolecular Hbond substituents is 1. The third kappa shape index (κ3) is 4.26. The van der Waals surface area contributed by atoms with Crippen molar-refractivity contribution >= 4 is 0 Å².